The van der Waals surface area contributed by atoms with E-state index in [2.05, 4.69) is 26.1 Å². The third-order valence-electron chi connectivity index (χ3n) is 2.72. The van der Waals surface area contributed by atoms with Crippen LogP contribution in [0, 0.1) is 17.6 Å². The van der Waals surface area contributed by atoms with E-state index in [1.807, 2.05) is 13.8 Å². The molecule has 0 saturated heterocycles. The van der Waals surface area contributed by atoms with Gasteiger partial charge in [0.15, 0.2) is 11.6 Å². The van der Waals surface area contributed by atoms with Gasteiger partial charge in [0.05, 0.1) is 10.5 Å². The summed E-state index contributed by atoms with van der Waals surface area (Å²) in [5.41, 5.74) is 6.19. The van der Waals surface area contributed by atoms with Gasteiger partial charge in [-0.3, -0.25) is 0 Å². The van der Waals surface area contributed by atoms with Crippen molar-refractivity contribution in [3.8, 4) is 11.4 Å². The van der Waals surface area contributed by atoms with E-state index in [4.69, 9.17) is 10.3 Å². The van der Waals surface area contributed by atoms with Crippen LogP contribution in [-0.2, 0) is 0 Å². The number of hydrogen-bond acceptors (Lipinski definition) is 4. The zero-order valence-electron chi connectivity index (χ0n) is 10.3. The molecular formula is C12H12BrF2N3O. The number of nitrogens with zero attached hydrogens (tertiary/aromatic N) is 2. The maximum absolute atomic E-state index is 13.4. The van der Waals surface area contributed by atoms with Gasteiger partial charge in [-0.15, -0.1) is 0 Å². The maximum Gasteiger partial charge on any atom is 0.244 e. The summed E-state index contributed by atoms with van der Waals surface area (Å²) in [6.07, 6.45) is 0. The summed E-state index contributed by atoms with van der Waals surface area (Å²) in [5.74, 6) is -1.38. The molecule has 0 aliphatic heterocycles. The highest BCUT2D eigenvalue weighted by atomic mass is 79.9. The predicted molar refractivity (Wildman–Crippen MR) is 69.1 cm³/mol. The van der Waals surface area contributed by atoms with Gasteiger partial charge in [-0.1, -0.05) is 19.0 Å². The fourth-order valence-corrected chi connectivity index (χ4v) is 1.96. The molecule has 7 heteroatoms. The lowest BCUT2D eigenvalue weighted by Crippen LogP contribution is -2.16. The molecule has 0 radical (unpaired) electrons. The maximum atomic E-state index is 13.4. The van der Waals surface area contributed by atoms with Crippen LogP contribution in [0.3, 0.4) is 0 Å². The smallest absolute Gasteiger partial charge is 0.244 e. The van der Waals surface area contributed by atoms with Gasteiger partial charge >= 0.3 is 0 Å². The fourth-order valence-electron chi connectivity index (χ4n) is 1.46. The summed E-state index contributed by atoms with van der Waals surface area (Å²) in [6, 6.07) is 1.98. The Bertz CT molecular complexity index is 601. The molecule has 1 aromatic heterocycles. The van der Waals surface area contributed by atoms with Crippen LogP contribution >= 0.6 is 15.9 Å². The second kappa shape index (κ2) is 5.34. The van der Waals surface area contributed by atoms with Gasteiger partial charge < -0.3 is 10.3 Å². The summed E-state index contributed by atoms with van der Waals surface area (Å²) < 4.78 is 31.5. The zero-order valence-corrected chi connectivity index (χ0v) is 11.9. The van der Waals surface area contributed by atoms with Gasteiger partial charge in [0.1, 0.15) is 0 Å². The highest BCUT2D eigenvalue weighted by Gasteiger charge is 2.21. The van der Waals surface area contributed by atoms with Crippen LogP contribution in [0.15, 0.2) is 21.1 Å². The lowest BCUT2D eigenvalue weighted by Gasteiger charge is -2.09. The van der Waals surface area contributed by atoms with Crippen molar-refractivity contribution in [2.75, 3.05) is 0 Å². The van der Waals surface area contributed by atoms with Gasteiger partial charge in [-0.25, -0.2) is 8.78 Å². The second-order valence-corrected chi connectivity index (χ2v) is 5.24. The largest absolute Gasteiger partial charge is 0.337 e. The normalized spacial score (nSPS) is 13.0. The highest BCUT2D eigenvalue weighted by Crippen LogP contribution is 2.30. The minimum Gasteiger partial charge on any atom is -0.337 e. The second-order valence-electron chi connectivity index (χ2n) is 4.45. The number of benzene rings is 1. The molecular weight excluding hydrogens is 320 g/mol. The van der Waals surface area contributed by atoms with Crippen LogP contribution in [0.2, 0.25) is 0 Å². The standard InChI is InChI=1S/C12H12BrF2N3O/c1-5(2)10(16)12-17-11(18-19-12)6-3-4-7(14)9(15)8(6)13/h3-5,10H,16H2,1-2H3/t10-/m1/s1. The Balaban J connectivity index is 2.41. The Labute approximate surface area is 117 Å². The molecule has 0 spiro atoms. The van der Waals surface area contributed by atoms with Crippen molar-refractivity contribution >= 4 is 15.9 Å². The van der Waals surface area contributed by atoms with Gasteiger partial charge in [0.25, 0.3) is 0 Å². The molecule has 2 N–H and O–H groups in total. The lowest BCUT2D eigenvalue weighted by molar-refractivity contribution is 0.325. The molecule has 1 heterocycles. The van der Waals surface area contributed by atoms with Gasteiger partial charge in [0, 0.05) is 5.56 Å². The van der Waals surface area contributed by atoms with Crippen LogP contribution in [0.25, 0.3) is 11.4 Å². The van der Waals surface area contributed by atoms with E-state index >= 15 is 0 Å². The van der Waals surface area contributed by atoms with Crippen LogP contribution in [0.4, 0.5) is 8.78 Å². The quantitative estimate of drug-likeness (QED) is 0.875. The molecule has 0 saturated carbocycles. The van der Waals surface area contributed by atoms with Crippen LogP contribution < -0.4 is 5.73 Å². The Hall–Kier alpha value is -1.34. The molecule has 0 aliphatic carbocycles. The molecule has 4 nitrogen and oxygen atoms in total. The Morgan fingerprint density at radius 1 is 1.32 bits per heavy atom. The predicted octanol–water partition coefficient (Wildman–Crippen LogP) is 3.43. The van der Waals surface area contributed by atoms with E-state index in [1.165, 1.54) is 6.07 Å². The first kappa shape index (κ1) is 14.1. The average Bonchev–Trinajstić information content (AvgIpc) is 2.84. The molecule has 0 amide bonds. The molecule has 0 fully saturated rings. The van der Waals surface area contributed by atoms with E-state index in [1.54, 1.807) is 0 Å². The fraction of sp³-hybridized carbons (Fsp3) is 0.333. The van der Waals surface area contributed by atoms with Gasteiger partial charge in [-0.05, 0) is 34.0 Å². The number of nitrogens with two attached hydrogens (primary N) is 1. The van der Waals surface area contributed by atoms with Crippen molar-refractivity contribution in [1.82, 2.24) is 10.1 Å². The van der Waals surface area contributed by atoms with E-state index in [0.717, 1.165) is 6.07 Å². The number of halogens is 3. The Morgan fingerprint density at radius 3 is 2.63 bits per heavy atom. The van der Waals surface area contributed by atoms with E-state index in [0.29, 0.717) is 5.56 Å². The molecule has 1 aromatic carbocycles. The lowest BCUT2D eigenvalue weighted by atomic mass is 10.1. The van der Waals surface area contributed by atoms with Crippen molar-refractivity contribution in [3.05, 3.63) is 34.1 Å². The monoisotopic (exact) mass is 331 g/mol. The van der Waals surface area contributed by atoms with Crippen molar-refractivity contribution in [1.29, 1.82) is 0 Å². The first-order valence-corrected chi connectivity index (χ1v) is 6.44. The van der Waals surface area contributed by atoms with Crippen LogP contribution in [0.5, 0.6) is 0 Å². The molecule has 19 heavy (non-hydrogen) atoms. The Kier molecular flexibility index (Phi) is 3.96. The van der Waals surface area contributed by atoms with Crippen molar-refractivity contribution in [3.63, 3.8) is 0 Å². The third-order valence-corrected chi connectivity index (χ3v) is 3.50. The molecule has 0 bridgehead atoms. The number of hydrogen-bond donors (Lipinski definition) is 1. The summed E-state index contributed by atoms with van der Waals surface area (Å²) in [5, 5.41) is 3.74. The molecule has 0 aliphatic rings. The topological polar surface area (TPSA) is 64.9 Å². The first-order chi connectivity index (χ1) is 8.91. The van der Waals surface area contributed by atoms with E-state index in [-0.39, 0.29) is 22.1 Å². The van der Waals surface area contributed by atoms with Crippen molar-refractivity contribution in [2.24, 2.45) is 11.7 Å². The van der Waals surface area contributed by atoms with E-state index in [9.17, 15) is 8.78 Å². The Morgan fingerprint density at radius 2 is 2.00 bits per heavy atom. The van der Waals surface area contributed by atoms with E-state index < -0.39 is 17.7 Å². The van der Waals surface area contributed by atoms with Crippen molar-refractivity contribution < 1.29 is 13.3 Å². The summed E-state index contributed by atoms with van der Waals surface area (Å²) in [7, 11) is 0. The minimum absolute atomic E-state index is 0.0435. The summed E-state index contributed by atoms with van der Waals surface area (Å²) in [4.78, 5) is 4.11. The summed E-state index contributed by atoms with van der Waals surface area (Å²) in [6.45, 7) is 3.84. The van der Waals surface area contributed by atoms with Gasteiger partial charge in [0.2, 0.25) is 11.7 Å². The average molecular weight is 332 g/mol. The van der Waals surface area contributed by atoms with Crippen molar-refractivity contribution in [2.45, 2.75) is 19.9 Å². The number of aromatic nitrogens is 2. The minimum atomic E-state index is -0.989. The molecule has 102 valence electrons. The molecule has 2 rings (SSSR count). The number of rotatable bonds is 3. The first-order valence-electron chi connectivity index (χ1n) is 5.65. The molecule has 0 unspecified atom stereocenters. The SMILES string of the molecule is CC(C)[C@@H](N)c1nc(-c2ccc(F)c(F)c2Br)no1. The van der Waals surface area contributed by atoms with Crippen LogP contribution in [-0.4, -0.2) is 10.1 Å². The zero-order chi connectivity index (χ0) is 14.2. The molecule has 2 aromatic rings. The summed E-state index contributed by atoms with van der Waals surface area (Å²) >= 11 is 2.98. The highest BCUT2D eigenvalue weighted by molar-refractivity contribution is 9.10. The third kappa shape index (κ3) is 2.66. The molecule has 1 atom stereocenters. The van der Waals surface area contributed by atoms with Gasteiger partial charge in [-0.2, -0.15) is 4.98 Å². The van der Waals surface area contributed by atoms with Crippen LogP contribution in [0.1, 0.15) is 25.8 Å².